The number of fused-ring (bicyclic) bond motifs is 1. The van der Waals surface area contributed by atoms with Crippen LogP contribution in [0.15, 0.2) is 18.2 Å². The number of methoxy groups -OCH3 is 1. The smallest absolute Gasteiger partial charge is 0.337 e. The van der Waals surface area contributed by atoms with E-state index in [0.717, 1.165) is 0 Å². The van der Waals surface area contributed by atoms with Crippen molar-refractivity contribution in [2.45, 2.75) is 12.8 Å². The van der Waals surface area contributed by atoms with E-state index in [1.54, 1.807) is 12.1 Å². The van der Waals surface area contributed by atoms with E-state index < -0.39 is 5.97 Å². The first-order chi connectivity index (χ1) is 9.17. The standard InChI is InChI=1S/C14H13NO4/c1-18-14(17)9-4-5-12-11(7-9)13(16)10(8-19-12)3-2-6-15/h4-5,7,10H,2-3,8H2,1H3. The summed E-state index contributed by atoms with van der Waals surface area (Å²) in [6.45, 7) is 0.283. The second-order valence-electron chi connectivity index (χ2n) is 4.27. The van der Waals surface area contributed by atoms with Crippen molar-refractivity contribution < 1.29 is 19.1 Å². The summed E-state index contributed by atoms with van der Waals surface area (Å²) in [5.41, 5.74) is 0.705. The van der Waals surface area contributed by atoms with E-state index in [0.29, 0.717) is 29.7 Å². The van der Waals surface area contributed by atoms with E-state index >= 15 is 0 Å². The first-order valence-corrected chi connectivity index (χ1v) is 5.93. The monoisotopic (exact) mass is 259 g/mol. The van der Waals surface area contributed by atoms with Gasteiger partial charge in [-0.05, 0) is 24.6 Å². The van der Waals surface area contributed by atoms with Gasteiger partial charge in [0.1, 0.15) is 5.75 Å². The van der Waals surface area contributed by atoms with E-state index in [4.69, 9.17) is 10.00 Å². The molecule has 0 spiro atoms. The molecule has 1 aromatic carbocycles. The number of benzene rings is 1. The molecule has 0 amide bonds. The normalized spacial score (nSPS) is 17.1. The fraction of sp³-hybridized carbons (Fsp3) is 0.357. The maximum absolute atomic E-state index is 12.2. The molecule has 1 aliphatic rings. The first kappa shape index (κ1) is 13.1. The van der Waals surface area contributed by atoms with Crippen molar-refractivity contribution in [1.29, 1.82) is 5.26 Å². The van der Waals surface area contributed by atoms with Crippen molar-refractivity contribution in [2.75, 3.05) is 13.7 Å². The number of esters is 1. The molecule has 0 bridgehead atoms. The zero-order valence-electron chi connectivity index (χ0n) is 10.5. The van der Waals surface area contributed by atoms with Crippen LogP contribution in [-0.4, -0.2) is 25.5 Å². The minimum atomic E-state index is -0.491. The highest BCUT2D eigenvalue weighted by Crippen LogP contribution is 2.30. The molecule has 1 unspecified atom stereocenters. The van der Waals surface area contributed by atoms with Crippen molar-refractivity contribution in [1.82, 2.24) is 0 Å². The van der Waals surface area contributed by atoms with E-state index in [9.17, 15) is 9.59 Å². The molecule has 0 aliphatic carbocycles. The molecule has 1 aromatic rings. The Bertz CT molecular complexity index is 559. The molecule has 2 rings (SSSR count). The van der Waals surface area contributed by atoms with Crippen LogP contribution in [0, 0.1) is 17.2 Å². The second-order valence-corrected chi connectivity index (χ2v) is 4.27. The van der Waals surface area contributed by atoms with Gasteiger partial charge in [-0.3, -0.25) is 4.79 Å². The zero-order valence-corrected chi connectivity index (χ0v) is 10.5. The second kappa shape index (κ2) is 5.53. The molecule has 0 aromatic heterocycles. The SMILES string of the molecule is COC(=O)c1ccc2c(c1)C(=O)C(CCC#N)CO2. The summed E-state index contributed by atoms with van der Waals surface area (Å²) in [4.78, 5) is 23.7. The van der Waals surface area contributed by atoms with Crippen LogP contribution in [0.3, 0.4) is 0 Å². The highest BCUT2D eigenvalue weighted by molar-refractivity contribution is 6.03. The number of hydrogen-bond acceptors (Lipinski definition) is 5. The predicted octanol–water partition coefficient (Wildman–Crippen LogP) is 1.97. The van der Waals surface area contributed by atoms with Crippen LogP contribution >= 0.6 is 0 Å². The van der Waals surface area contributed by atoms with Gasteiger partial charge >= 0.3 is 5.97 Å². The Balaban J connectivity index is 2.28. The zero-order chi connectivity index (χ0) is 13.8. The van der Waals surface area contributed by atoms with Crippen LogP contribution in [-0.2, 0) is 4.74 Å². The summed E-state index contributed by atoms with van der Waals surface area (Å²) in [7, 11) is 1.29. The number of ketones is 1. The Kier molecular flexibility index (Phi) is 3.81. The predicted molar refractivity (Wildman–Crippen MR) is 65.9 cm³/mol. The summed E-state index contributed by atoms with van der Waals surface area (Å²) in [6.07, 6.45) is 0.781. The van der Waals surface area contributed by atoms with Gasteiger partial charge in [0.2, 0.25) is 0 Å². The molecule has 5 nitrogen and oxygen atoms in total. The molecule has 1 aliphatic heterocycles. The number of hydrogen-bond donors (Lipinski definition) is 0. The summed E-state index contributed by atoms with van der Waals surface area (Å²) >= 11 is 0. The third-order valence-electron chi connectivity index (χ3n) is 3.08. The highest BCUT2D eigenvalue weighted by atomic mass is 16.5. The van der Waals surface area contributed by atoms with E-state index in [1.807, 2.05) is 6.07 Å². The van der Waals surface area contributed by atoms with Gasteiger partial charge < -0.3 is 9.47 Å². The Morgan fingerprint density at radius 1 is 1.58 bits per heavy atom. The lowest BCUT2D eigenvalue weighted by molar-refractivity contribution is 0.0600. The molecule has 0 radical (unpaired) electrons. The van der Waals surface area contributed by atoms with Gasteiger partial charge in [0.25, 0.3) is 0 Å². The average Bonchev–Trinajstić information content (AvgIpc) is 2.45. The maximum Gasteiger partial charge on any atom is 0.337 e. The molecular formula is C14H13NO4. The van der Waals surface area contributed by atoms with Crippen molar-refractivity contribution in [2.24, 2.45) is 5.92 Å². The Labute approximate surface area is 110 Å². The molecule has 5 heteroatoms. The molecule has 19 heavy (non-hydrogen) atoms. The minimum Gasteiger partial charge on any atom is -0.492 e. The van der Waals surface area contributed by atoms with Gasteiger partial charge in [-0.1, -0.05) is 0 Å². The molecule has 98 valence electrons. The molecule has 1 heterocycles. The van der Waals surface area contributed by atoms with Gasteiger partial charge in [0, 0.05) is 6.42 Å². The van der Waals surface area contributed by atoms with Gasteiger partial charge in [-0.15, -0.1) is 0 Å². The Hall–Kier alpha value is -2.35. The number of nitriles is 1. The average molecular weight is 259 g/mol. The van der Waals surface area contributed by atoms with Crippen LogP contribution in [0.5, 0.6) is 5.75 Å². The number of carbonyl (C=O) groups is 2. The van der Waals surface area contributed by atoms with E-state index in [-0.39, 0.29) is 18.3 Å². The van der Waals surface area contributed by atoms with Gasteiger partial charge in [0.15, 0.2) is 5.78 Å². The number of carbonyl (C=O) groups excluding carboxylic acids is 2. The van der Waals surface area contributed by atoms with Crippen molar-refractivity contribution >= 4 is 11.8 Å². The van der Waals surface area contributed by atoms with Crippen molar-refractivity contribution in [3.63, 3.8) is 0 Å². The van der Waals surface area contributed by atoms with E-state index in [2.05, 4.69) is 4.74 Å². The molecule has 0 N–H and O–H groups in total. The number of Topliss-reactive ketones (excluding diaryl/α,β-unsaturated/α-hetero) is 1. The largest absolute Gasteiger partial charge is 0.492 e. The first-order valence-electron chi connectivity index (χ1n) is 5.93. The number of nitrogens with zero attached hydrogens (tertiary/aromatic N) is 1. The molecular weight excluding hydrogens is 246 g/mol. The number of ether oxygens (including phenoxy) is 2. The quantitative estimate of drug-likeness (QED) is 0.775. The molecule has 0 saturated carbocycles. The summed E-state index contributed by atoms with van der Waals surface area (Å²) in [5, 5.41) is 8.56. The lowest BCUT2D eigenvalue weighted by Gasteiger charge is -2.23. The van der Waals surface area contributed by atoms with E-state index in [1.165, 1.54) is 13.2 Å². The minimum absolute atomic E-state index is 0.0812. The fourth-order valence-corrected chi connectivity index (χ4v) is 2.03. The third kappa shape index (κ3) is 2.58. The molecule has 0 saturated heterocycles. The number of rotatable bonds is 3. The highest BCUT2D eigenvalue weighted by Gasteiger charge is 2.29. The van der Waals surface area contributed by atoms with Crippen LogP contribution < -0.4 is 4.74 Å². The van der Waals surface area contributed by atoms with Crippen molar-refractivity contribution in [3.8, 4) is 11.8 Å². The summed E-state index contributed by atoms with van der Waals surface area (Å²) in [6, 6.07) is 6.66. The van der Waals surface area contributed by atoms with Crippen LogP contribution in [0.1, 0.15) is 33.6 Å². The third-order valence-corrected chi connectivity index (χ3v) is 3.08. The fourth-order valence-electron chi connectivity index (χ4n) is 2.03. The van der Waals surface area contributed by atoms with Crippen LogP contribution in [0.2, 0.25) is 0 Å². The summed E-state index contributed by atoms with van der Waals surface area (Å²) < 4.78 is 10.1. The molecule has 0 fully saturated rings. The van der Waals surface area contributed by atoms with Crippen LogP contribution in [0.25, 0.3) is 0 Å². The topological polar surface area (TPSA) is 76.4 Å². The summed E-state index contributed by atoms with van der Waals surface area (Å²) in [5.74, 6) is -0.414. The van der Waals surface area contributed by atoms with Gasteiger partial charge in [-0.2, -0.15) is 5.26 Å². The van der Waals surface area contributed by atoms with Gasteiger partial charge in [-0.25, -0.2) is 4.79 Å². The van der Waals surface area contributed by atoms with Crippen LogP contribution in [0.4, 0.5) is 0 Å². The molecule has 1 atom stereocenters. The Morgan fingerprint density at radius 2 is 2.37 bits per heavy atom. The van der Waals surface area contributed by atoms with Crippen molar-refractivity contribution in [3.05, 3.63) is 29.3 Å². The lowest BCUT2D eigenvalue weighted by Crippen LogP contribution is -2.28. The lowest BCUT2D eigenvalue weighted by atomic mass is 9.90. The van der Waals surface area contributed by atoms with Gasteiger partial charge in [0.05, 0.1) is 36.8 Å². The Morgan fingerprint density at radius 3 is 3.05 bits per heavy atom. The maximum atomic E-state index is 12.2.